The first kappa shape index (κ1) is 16.6. The van der Waals surface area contributed by atoms with E-state index in [1.807, 2.05) is 0 Å². The van der Waals surface area contributed by atoms with Gasteiger partial charge in [-0.2, -0.15) is 10.1 Å². The maximum absolute atomic E-state index is 12.5. The van der Waals surface area contributed by atoms with E-state index in [0.29, 0.717) is 23.7 Å². The summed E-state index contributed by atoms with van der Waals surface area (Å²) < 4.78 is 6.31. The smallest absolute Gasteiger partial charge is 0.338 e. The minimum atomic E-state index is -0.783. The fourth-order valence-electron chi connectivity index (χ4n) is 2.50. The van der Waals surface area contributed by atoms with Gasteiger partial charge in [0.2, 0.25) is 17.8 Å². The van der Waals surface area contributed by atoms with Gasteiger partial charge in [0.25, 0.3) is 0 Å². The van der Waals surface area contributed by atoms with Crippen molar-refractivity contribution >= 4 is 29.4 Å². The summed E-state index contributed by atoms with van der Waals surface area (Å²) in [6, 6.07) is 5.54. The van der Waals surface area contributed by atoms with Gasteiger partial charge < -0.3 is 10.1 Å². The van der Waals surface area contributed by atoms with Crippen molar-refractivity contribution in [3.63, 3.8) is 0 Å². The number of hydrogen-bond donors (Lipinski definition) is 2. The van der Waals surface area contributed by atoms with Gasteiger partial charge in [0, 0.05) is 5.69 Å². The zero-order valence-electron chi connectivity index (χ0n) is 13.8. The largest absolute Gasteiger partial charge is 0.462 e. The summed E-state index contributed by atoms with van der Waals surface area (Å²) in [5.41, 5.74) is 0.897. The van der Waals surface area contributed by atoms with Crippen molar-refractivity contribution in [1.29, 1.82) is 0 Å². The lowest BCUT2D eigenvalue weighted by atomic mass is 10.1. The van der Waals surface area contributed by atoms with E-state index in [2.05, 4.69) is 20.7 Å². The van der Waals surface area contributed by atoms with Crippen LogP contribution in [0.15, 0.2) is 24.3 Å². The number of anilines is 2. The highest BCUT2D eigenvalue weighted by molar-refractivity contribution is 6.01. The minimum Gasteiger partial charge on any atom is -0.462 e. The van der Waals surface area contributed by atoms with E-state index in [-0.39, 0.29) is 24.2 Å². The monoisotopic (exact) mass is 343 g/mol. The van der Waals surface area contributed by atoms with E-state index in [0.717, 1.165) is 0 Å². The van der Waals surface area contributed by atoms with Crippen LogP contribution in [0.2, 0.25) is 0 Å². The number of esters is 1. The van der Waals surface area contributed by atoms with E-state index in [4.69, 9.17) is 4.74 Å². The number of fused-ring (bicyclic) bond motifs is 1. The molecule has 1 aromatic heterocycles. The Hall–Kier alpha value is -3.23. The molecule has 9 heteroatoms. The first-order chi connectivity index (χ1) is 12.0. The number of amides is 2. The van der Waals surface area contributed by atoms with Crippen molar-refractivity contribution in [3.8, 4) is 0 Å². The van der Waals surface area contributed by atoms with Crippen molar-refractivity contribution in [2.45, 2.75) is 26.3 Å². The van der Waals surface area contributed by atoms with Crippen molar-refractivity contribution in [2.75, 3.05) is 17.2 Å². The Kier molecular flexibility index (Phi) is 4.46. The number of nitrogens with one attached hydrogen (secondary N) is 2. The summed E-state index contributed by atoms with van der Waals surface area (Å²) in [5, 5.41) is 9.46. The van der Waals surface area contributed by atoms with Crippen LogP contribution in [0.25, 0.3) is 0 Å². The molecule has 0 spiro atoms. The quantitative estimate of drug-likeness (QED) is 0.808. The molecule has 0 saturated heterocycles. The lowest BCUT2D eigenvalue weighted by Gasteiger charge is -2.22. The molecule has 3 rings (SSSR count). The first-order valence-electron chi connectivity index (χ1n) is 7.79. The molecule has 25 heavy (non-hydrogen) atoms. The van der Waals surface area contributed by atoms with E-state index >= 15 is 0 Å². The van der Waals surface area contributed by atoms with Gasteiger partial charge in [-0.05, 0) is 38.1 Å². The second-order valence-electron chi connectivity index (χ2n) is 5.48. The van der Waals surface area contributed by atoms with Crippen LogP contribution < -0.4 is 10.6 Å². The zero-order chi connectivity index (χ0) is 18.0. The molecule has 0 bridgehead atoms. The lowest BCUT2D eigenvalue weighted by Crippen LogP contribution is -2.36. The fraction of sp³-hybridized carbons (Fsp3) is 0.312. The summed E-state index contributed by atoms with van der Waals surface area (Å²) in [7, 11) is 0. The average Bonchev–Trinajstić information content (AvgIpc) is 2.94. The number of aromatic nitrogens is 3. The maximum Gasteiger partial charge on any atom is 0.338 e. The third kappa shape index (κ3) is 3.49. The molecular weight excluding hydrogens is 326 g/mol. The lowest BCUT2D eigenvalue weighted by molar-refractivity contribution is -0.125. The van der Waals surface area contributed by atoms with Crippen LogP contribution in [0, 0.1) is 6.92 Å². The van der Waals surface area contributed by atoms with Crippen LogP contribution in [0.1, 0.15) is 35.6 Å². The summed E-state index contributed by atoms with van der Waals surface area (Å²) >= 11 is 0. The Balaban J connectivity index is 1.74. The Bertz CT molecular complexity index is 828. The Morgan fingerprint density at radius 3 is 2.76 bits per heavy atom. The van der Waals surface area contributed by atoms with Crippen molar-refractivity contribution < 1.29 is 19.1 Å². The van der Waals surface area contributed by atoms with Crippen molar-refractivity contribution in [2.24, 2.45) is 0 Å². The van der Waals surface area contributed by atoms with Crippen LogP contribution >= 0.6 is 0 Å². The standard InChI is InChI=1S/C16H17N5O4/c1-3-25-15(24)10-4-6-11(7-5-10)18-14(23)12-8-13(22)19-16-17-9(2)20-21(12)16/h4-7,12H,3,8H2,1-2H3,(H,18,23)(H,17,19,20,22)/t12-/m1/s1. The number of nitrogens with zero attached hydrogens (tertiary/aromatic N) is 3. The molecule has 1 aliphatic heterocycles. The van der Waals surface area contributed by atoms with Crippen LogP contribution in [0.3, 0.4) is 0 Å². The Morgan fingerprint density at radius 1 is 1.36 bits per heavy atom. The molecule has 1 aromatic carbocycles. The van der Waals surface area contributed by atoms with Crippen LogP contribution in [0.5, 0.6) is 0 Å². The van der Waals surface area contributed by atoms with Gasteiger partial charge in [-0.1, -0.05) is 0 Å². The number of carbonyl (C=O) groups is 3. The number of rotatable bonds is 4. The minimum absolute atomic E-state index is 0.0253. The summed E-state index contributed by atoms with van der Waals surface area (Å²) in [6.07, 6.45) is -0.0253. The molecule has 0 unspecified atom stereocenters. The van der Waals surface area contributed by atoms with Gasteiger partial charge in [-0.3, -0.25) is 14.9 Å². The molecule has 0 radical (unpaired) electrons. The molecule has 2 amide bonds. The summed E-state index contributed by atoms with van der Waals surface area (Å²) in [4.78, 5) is 40.0. The molecule has 2 aromatic rings. The SMILES string of the molecule is CCOC(=O)c1ccc(NC(=O)[C@H]2CC(=O)Nc3nc(C)nn32)cc1. The molecule has 0 aliphatic carbocycles. The Labute approximate surface area is 143 Å². The molecule has 9 nitrogen and oxygen atoms in total. The molecule has 1 atom stereocenters. The first-order valence-corrected chi connectivity index (χ1v) is 7.79. The number of aryl methyl sites for hydroxylation is 1. The molecule has 2 N–H and O–H groups in total. The van der Waals surface area contributed by atoms with Gasteiger partial charge in [0.15, 0.2) is 0 Å². The topological polar surface area (TPSA) is 115 Å². The molecule has 0 fully saturated rings. The number of carbonyl (C=O) groups excluding carboxylic acids is 3. The van der Waals surface area contributed by atoms with Crippen molar-refractivity contribution in [1.82, 2.24) is 14.8 Å². The highest BCUT2D eigenvalue weighted by Gasteiger charge is 2.32. The van der Waals surface area contributed by atoms with Gasteiger partial charge in [0.1, 0.15) is 11.9 Å². The average molecular weight is 343 g/mol. The second-order valence-corrected chi connectivity index (χ2v) is 5.48. The Morgan fingerprint density at radius 2 is 2.08 bits per heavy atom. The molecule has 1 aliphatic rings. The van der Waals surface area contributed by atoms with Gasteiger partial charge in [-0.15, -0.1) is 0 Å². The predicted molar refractivity (Wildman–Crippen MR) is 88.1 cm³/mol. The number of benzene rings is 1. The maximum atomic E-state index is 12.5. The number of hydrogen-bond acceptors (Lipinski definition) is 6. The molecular formula is C16H17N5O4. The normalized spacial score (nSPS) is 15.9. The van der Waals surface area contributed by atoms with Crippen molar-refractivity contribution in [3.05, 3.63) is 35.7 Å². The van der Waals surface area contributed by atoms with E-state index in [1.165, 1.54) is 4.68 Å². The summed E-state index contributed by atoms with van der Waals surface area (Å²) in [5.74, 6) is -0.380. The van der Waals surface area contributed by atoms with E-state index in [9.17, 15) is 14.4 Å². The van der Waals surface area contributed by atoms with E-state index < -0.39 is 12.0 Å². The predicted octanol–water partition coefficient (Wildman–Crippen LogP) is 1.29. The second kappa shape index (κ2) is 6.71. The highest BCUT2D eigenvalue weighted by atomic mass is 16.5. The van der Waals surface area contributed by atoms with E-state index in [1.54, 1.807) is 38.1 Å². The zero-order valence-corrected chi connectivity index (χ0v) is 13.8. The third-order valence-electron chi connectivity index (χ3n) is 3.63. The molecule has 2 heterocycles. The van der Waals surface area contributed by atoms with Crippen LogP contribution in [-0.4, -0.2) is 39.2 Å². The number of ether oxygens (including phenoxy) is 1. The van der Waals surface area contributed by atoms with Crippen LogP contribution in [0.4, 0.5) is 11.6 Å². The molecule has 0 saturated carbocycles. The van der Waals surface area contributed by atoms with Gasteiger partial charge >= 0.3 is 5.97 Å². The summed E-state index contributed by atoms with van der Waals surface area (Å²) in [6.45, 7) is 3.70. The van der Waals surface area contributed by atoms with Crippen LogP contribution in [-0.2, 0) is 14.3 Å². The van der Waals surface area contributed by atoms with Gasteiger partial charge in [0.05, 0.1) is 18.6 Å². The highest BCUT2D eigenvalue weighted by Crippen LogP contribution is 2.24. The van der Waals surface area contributed by atoms with Gasteiger partial charge in [-0.25, -0.2) is 9.48 Å². The fourth-order valence-corrected chi connectivity index (χ4v) is 2.50. The molecule has 130 valence electrons. The third-order valence-corrected chi connectivity index (χ3v) is 3.63.